The number of ether oxygens (including phenoxy) is 1. The minimum atomic E-state index is -0.287. The molecule has 0 heterocycles. The summed E-state index contributed by atoms with van der Waals surface area (Å²) in [6.45, 7) is 5.76. The third kappa shape index (κ3) is 4.70. The standard InChI is InChI=1S/C16H23FN2O2/c1-3-19(4-2)16(20)11-21-15-8-5-13(17)9-12(15)10-18-14-6-7-14/h5,8-9,14,18H,3-4,6-7,10-11H2,1-2H3. The second-order valence-electron chi connectivity index (χ2n) is 5.26. The van der Waals surface area contributed by atoms with Gasteiger partial charge in [0.2, 0.25) is 0 Å². The van der Waals surface area contributed by atoms with E-state index in [1.165, 1.54) is 25.0 Å². The summed E-state index contributed by atoms with van der Waals surface area (Å²) in [7, 11) is 0. The predicted molar refractivity (Wildman–Crippen MR) is 79.7 cm³/mol. The van der Waals surface area contributed by atoms with Crippen LogP contribution in [-0.4, -0.2) is 36.5 Å². The van der Waals surface area contributed by atoms with Crippen LogP contribution in [0.5, 0.6) is 5.75 Å². The highest BCUT2D eigenvalue weighted by Gasteiger charge is 2.21. The molecule has 21 heavy (non-hydrogen) atoms. The smallest absolute Gasteiger partial charge is 0.260 e. The summed E-state index contributed by atoms with van der Waals surface area (Å²) in [6, 6.07) is 4.96. The molecule has 2 rings (SSSR count). The molecule has 0 unspecified atom stereocenters. The number of rotatable bonds is 8. The van der Waals surface area contributed by atoms with Gasteiger partial charge in [-0.1, -0.05) is 0 Å². The zero-order valence-electron chi connectivity index (χ0n) is 12.7. The molecule has 1 amide bonds. The molecule has 1 aromatic rings. The van der Waals surface area contributed by atoms with Crippen LogP contribution in [0, 0.1) is 5.82 Å². The van der Waals surface area contributed by atoms with E-state index >= 15 is 0 Å². The van der Waals surface area contributed by atoms with Gasteiger partial charge in [-0.25, -0.2) is 4.39 Å². The van der Waals surface area contributed by atoms with E-state index in [4.69, 9.17) is 4.74 Å². The van der Waals surface area contributed by atoms with Crippen molar-refractivity contribution in [3.63, 3.8) is 0 Å². The summed E-state index contributed by atoms with van der Waals surface area (Å²) < 4.78 is 19.0. The molecule has 0 aliphatic heterocycles. The number of halogens is 1. The van der Waals surface area contributed by atoms with Gasteiger partial charge in [0, 0.05) is 31.2 Å². The molecule has 0 radical (unpaired) electrons. The number of carbonyl (C=O) groups excluding carboxylic acids is 1. The first-order valence-corrected chi connectivity index (χ1v) is 7.56. The summed E-state index contributed by atoms with van der Waals surface area (Å²) >= 11 is 0. The average molecular weight is 294 g/mol. The van der Waals surface area contributed by atoms with Gasteiger partial charge in [-0.3, -0.25) is 4.79 Å². The molecule has 1 aliphatic carbocycles. The van der Waals surface area contributed by atoms with Gasteiger partial charge in [0.25, 0.3) is 5.91 Å². The maximum atomic E-state index is 13.4. The van der Waals surface area contributed by atoms with E-state index < -0.39 is 0 Å². The zero-order valence-corrected chi connectivity index (χ0v) is 12.7. The van der Waals surface area contributed by atoms with Crippen molar-refractivity contribution in [3.05, 3.63) is 29.6 Å². The molecule has 1 aromatic carbocycles. The van der Waals surface area contributed by atoms with Crippen LogP contribution in [0.1, 0.15) is 32.3 Å². The first-order valence-electron chi connectivity index (χ1n) is 7.56. The number of hydrogen-bond donors (Lipinski definition) is 1. The Hall–Kier alpha value is -1.62. The Labute approximate surface area is 125 Å². The fourth-order valence-corrected chi connectivity index (χ4v) is 2.18. The van der Waals surface area contributed by atoms with Crippen LogP contribution in [0.2, 0.25) is 0 Å². The summed E-state index contributed by atoms with van der Waals surface area (Å²) in [5.41, 5.74) is 0.759. The van der Waals surface area contributed by atoms with Crippen LogP contribution in [0.25, 0.3) is 0 Å². The summed E-state index contributed by atoms with van der Waals surface area (Å²) in [5.74, 6) is 0.237. The minimum absolute atomic E-state index is 0.0102. The Balaban J connectivity index is 1.95. The molecule has 0 aromatic heterocycles. The topological polar surface area (TPSA) is 41.6 Å². The fraction of sp³-hybridized carbons (Fsp3) is 0.562. The number of hydrogen-bond acceptors (Lipinski definition) is 3. The van der Waals surface area contributed by atoms with Crippen molar-refractivity contribution < 1.29 is 13.9 Å². The van der Waals surface area contributed by atoms with Gasteiger partial charge < -0.3 is 15.0 Å². The molecule has 0 bridgehead atoms. The molecule has 1 fully saturated rings. The maximum absolute atomic E-state index is 13.4. The van der Waals surface area contributed by atoms with E-state index in [-0.39, 0.29) is 18.3 Å². The molecule has 116 valence electrons. The average Bonchev–Trinajstić information content (AvgIpc) is 3.29. The van der Waals surface area contributed by atoms with Crippen molar-refractivity contribution in [2.75, 3.05) is 19.7 Å². The van der Waals surface area contributed by atoms with Crippen molar-refractivity contribution in [3.8, 4) is 5.75 Å². The first-order chi connectivity index (χ1) is 10.1. The van der Waals surface area contributed by atoms with E-state index in [9.17, 15) is 9.18 Å². The van der Waals surface area contributed by atoms with Crippen molar-refractivity contribution in [1.29, 1.82) is 0 Å². The lowest BCUT2D eigenvalue weighted by Gasteiger charge is -2.19. The minimum Gasteiger partial charge on any atom is -0.483 e. The summed E-state index contributed by atoms with van der Waals surface area (Å²) in [4.78, 5) is 13.7. The molecule has 1 saturated carbocycles. The molecule has 0 atom stereocenters. The van der Waals surface area contributed by atoms with Crippen LogP contribution >= 0.6 is 0 Å². The largest absolute Gasteiger partial charge is 0.483 e. The zero-order chi connectivity index (χ0) is 15.2. The molecular weight excluding hydrogens is 271 g/mol. The van der Waals surface area contributed by atoms with Crippen LogP contribution in [0.3, 0.4) is 0 Å². The number of carbonyl (C=O) groups is 1. The molecule has 0 saturated heterocycles. The molecule has 0 spiro atoms. The van der Waals surface area contributed by atoms with Gasteiger partial charge in [-0.05, 0) is 44.9 Å². The van der Waals surface area contributed by atoms with Gasteiger partial charge in [0.1, 0.15) is 11.6 Å². The van der Waals surface area contributed by atoms with Crippen LogP contribution < -0.4 is 10.1 Å². The highest BCUT2D eigenvalue weighted by atomic mass is 19.1. The van der Waals surface area contributed by atoms with E-state index in [0.717, 1.165) is 5.56 Å². The highest BCUT2D eigenvalue weighted by molar-refractivity contribution is 5.77. The van der Waals surface area contributed by atoms with Gasteiger partial charge in [-0.2, -0.15) is 0 Å². The van der Waals surface area contributed by atoms with E-state index in [2.05, 4.69) is 5.32 Å². The van der Waals surface area contributed by atoms with Crippen molar-refractivity contribution in [1.82, 2.24) is 10.2 Å². The highest BCUT2D eigenvalue weighted by Crippen LogP contribution is 2.23. The van der Waals surface area contributed by atoms with Gasteiger partial charge in [-0.15, -0.1) is 0 Å². The van der Waals surface area contributed by atoms with Crippen LogP contribution in [0.4, 0.5) is 4.39 Å². The van der Waals surface area contributed by atoms with E-state index in [1.807, 2.05) is 13.8 Å². The molecular formula is C16H23FN2O2. The lowest BCUT2D eigenvalue weighted by atomic mass is 10.2. The normalized spacial score (nSPS) is 14.0. The number of nitrogens with one attached hydrogen (secondary N) is 1. The van der Waals surface area contributed by atoms with Crippen molar-refractivity contribution >= 4 is 5.91 Å². The van der Waals surface area contributed by atoms with Gasteiger partial charge in [0.15, 0.2) is 6.61 Å². The molecule has 1 N–H and O–H groups in total. The lowest BCUT2D eigenvalue weighted by molar-refractivity contribution is -0.132. The Bertz CT molecular complexity index is 485. The lowest BCUT2D eigenvalue weighted by Crippen LogP contribution is -2.34. The SMILES string of the molecule is CCN(CC)C(=O)COc1ccc(F)cc1CNC1CC1. The maximum Gasteiger partial charge on any atom is 0.260 e. The van der Waals surface area contributed by atoms with Crippen LogP contribution in [-0.2, 0) is 11.3 Å². The fourth-order valence-electron chi connectivity index (χ4n) is 2.18. The summed E-state index contributed by atoms with van der Waals surface area (Å²) in [5, 5.41) is 3.33. The third-order valence-electron chi connectivity index (χ3n) is 3.65. The van der Waals surface area contributed by atoms with E-state index in [0.29, 0.717) is 31.4 Å². The van der Waals surface area contributed by atoms with Gasteiger partial charge in [0.05, 0.1) is 0 Å². The number of amides is 1. The van der Waals surface area contributed by atoms with Crippen LogP contribution in [0.15, 0.2) is 18.2 Å². The predicted octanol–water partition coefficient (Wildman–Crippen LogP) is 2.32. The van der Waals surface area contributed by atoms with Crippen molar-refractivity contribution in [2.45, 2.75) is 39.3 Å². The monoisotopic (exact) mass is 294 g/mol. The number of benzene rings is 1. The Kier molecular flexibility index (Phi) is 5.56. The molecule has 5 heteroatoms. The number of likely N-dealkylation sites (N-methyl/N-ethyl adjacent to an activating group) is 1. The summed E-state index contributed by atoms with van der Waals surface area (Å²) in [6.07, 6.45) is 2.35. The second kappa shape index (κ2) is 7.41. The first kappa shape index (κ1) is 15.8. The Morgan fingerprint density at radius 1 is 1.38 bits per heavy atom. The second-order valence-corrected chi connectivity index (χ2v) is 5.26. The Morgan fingerprint density at radius 3 is 2.71 bits per heavy atom. The van der Waals surface area contributed by atoms with Gasteiger partial charge >= 0.3 is 0 Å². The number of nitrogens with zero attached hydrogens (tertiary/aromatic N) is 1. The molecule has 4 nitrogen and oxygen atoms in total. The quantitative estimate of drug-likeness (QED) is 0.800. The third-order valence-corrected chi connectivity index (χ3v) is 3.65. The van der Waals surface area contributed by atoms with E-state index in [1.54, 1.807) is 11.0 Å². The molecule has 1 aliphatic rings. The van der Waals surface area contributed by atoms with Crippen molar-refractivity contribution in [2.24, 2.45) is 0 Å². The Morgan fingerprint density at radius 2 is 2.10 bits per heavy atom.